The first-order valence-electron chi connectivity index (χ1n) is 9.42. The Morgan fingerprint density at radius 1 is 1.22 bits per heavy atom. The van der Waals surface area contributed by atoms with E-state index in [0.29, 0.717) is 29.8 Å². The fourth-order valence-corrected chi connectivity index (χ4v) is 6.09. The predicted molar refractivity (Wildman–Crippen MR) is 93.5 cm³/mol. The van der Waals surface area contributed by atoms with E-state index < -0.39 is 5.41 Å². The summed E-state index contributed by atoms with van der Waals surface area (Å²) in [5.74, 6) is 1.47. The van der Waals surface area contributed by atoms with Gasteiger partial charge in [0.05, 0.1) is 18.8 Å². The van der Waals surface area contributed by atoms with Crippen molar-refractivity contribution in [1.82, 2.24) is 10.5 Å². The van der Waals surface area contributed by atoms with Crippen molar-refractivity contribution in [2.75, 3.05) is 7.11 Å². The highest BCUT2D eigenvalue weighted by Gasteiger charge is 2.61. The van der Waals surface area contributed by atoms with Crippen LogP contribution in [0.2, 0.25) is 0 Å². The summed E-state index contributed by atoms with van der Waals surface area (Å²) in [7, 11) is 1.46. The van der Waals surface area contributed by atoms with Gasteiger partial charge < -0.3 is 19.0 Å². The molecule has 142 valence electrons. The molecule has 4 fully saturated rings. The van der Waals surface area contributed by atoms with Gasteiger partial charge in [-0.1, -0.05) is 5.16 Å². The summed E-state index contributed by atoms with van der Waals surface area (Å²) in [5.41, 5.74) is -0.585. The topological polar surface area (TPSA) is 94.6 Å². The summed E-state index contributed by atoms with van der Waals surface area (Å²) in [6, 6.07) is 5.09. The molecule has 2 aromatic rings. The number of carbonyl (C=O) groups is 2. The normalized spacial score (nSPS) is 33.8. The van der Waals surface area contributed by atoms with Crippen LogP contribution in [0.15, 0.2) is 33.4 Å². The summed E-state index contributed by atoms with van der Waals surface area (Å²) in [6.45, 7) is 0. The molecule has 2 aromatic heterocycles. The van der Waals surface area contributed by atoms with Gasteiger partial charge in [-0.15, -0.1) is 0 Å². The first-order chi connectivity index (χ1) is 13.0. The second kappa shape index (κ2) is 5.71. The van der Waals surface area contributed by atoms with E-state index >= 15 is 0 Å². The largest absolute Gasteiger partial charge is 0.469 e. The zero-order chi connectivity index (χ0) is 18.6. The Labute approximate surface area is 156 Å². The molecule has 0 spiro atoms. The summed E-state index contributed by atoms with van der Waals surface area (Å²) >= 11 is 0. The molecule has 1 amide bonds. The molecular weight excluding hydrogens is 348 g/mol. The number of carbonyl (C=O) groups excluding carboxylic acids is 2. The van der Waals surface area contributed by atoms with Crippen molar-refractivity contribution in [3.05, 3.63) is 30.2 Å². The minimum atomic E-state index is -0.449. The number of furan rings is 1. The van der Waals surface area contributed by atoms with Crippen molar-refractivity contribution >= 4 is 11.9 Å². The molecular formula is C20H22N2O5. The van der Waals surface area contributed by atoms with Crippen LogP contribution in [0.1, 0.15) is 49.0 Å². The number of hydrogen-bond acceptors (Lipinski definition) is 6. The first-order valence-corrected chi connectivity index (χ1v) is 9.42. The maximum Gasteiger partial charge on any atom is 0.311 e. The molecule has 6 rings (SSSR count). The molecule has 0 aliphatic heterocycles. The van der Waals surface area contributed by atoms with Crippen LogP contribution < -0.4 is 5.32 Å². The lowest BCUT2D eigenvalue weighted by Crippen LogP contribution is -2.64. The average molecular weight is 370 g/mol. The summed E-state index contributed by atoms with van der Waals surface area (Å²) < 4.78 is 15.7. The fourth-order valence-electron chi connectivity index (χ4n) is 6.09. The third kappa shape index (κ3) is 2.59. The molecule has 0 saturated heterocycles. The number of amides is 1. The molecule has 0 radical (unpaired) electrons. The van der Waals surface area contributed by atoms with Gasteiger partial charge >= 0.3 is 5.97 Å². The number of esters is 1. The standard InChI is InChI=1S/C20H22N2O5/c1-25-18(24)19-7-12-5-13(8-19)10-20(9-12,11-19)21-17(23)14-6-16(27-22-14)15-3-2-4-26-15/h2-4,6,12-13H,5,7-11H2,1H3,(H,21,23)/t12-,13-,19?,20?/m1/s1. The highest BCUT2D eigenvalue weighted by molar-refractivity contribution is 5.93. The molecule has 4 saturated carbocycles. The zero-order valence-electron chi connectivity index (χ0n) is 15.2. The SMILES string of the molecule is COC(=O)C12C[C@H]3C[C@@H](CC(NC(=O)c4cc(-c5ccco5)on4)(C3)C1)C2. The molecule has 2 atom stereocenters. The number of nitrogens with one attached hydrogen (secondary N) is 1. The molecule has 27 heavy (non-hydrogen) atoms. The number of ether oxygens (including phenoxy) is 1. The van der Waals surface area contributed by atoms with Crippen LogP contribution in [0, 0.1) is 17.3 Å². The first kappa shape index (κ1) is 16.6. The van der Waals surface area contributed by atoms with E-state index in [1.165, 1.54) is 7.11 Å². The van der Waals surface area contributed by atoms with Crippen molar-refractivity contribution in [3.63, 3.8) is 0 Å². The lowest BCUT2D eigenvalue weighted by Gasteiger charge is -2.60. The Balaban J connectivity index is 1.39. The summed E-state index contributed by atoms with van der Waals surface area (Å²) in [4.78, 5) is 25.4. The van der Waals surface area contributed by atoms with Gasteiger partial charge in [0.2, 0.25) is 5.76 Å². The second-order valence-corrected chi connectivity index (χ2v) is 8.52. The van der Waals surface area contributed by atoms with E-state index in [2.05, 4.69) is 10.5 Å². The lowest BCUT2D eigenvalue weighted by atomic mass is 9.47. The van der Waals surface area contributed by atoms with Gasteiger partial charge in [-0.3, -0.25) is 9.59 Å². The quantitative estimate of drug-likeness (QED) is 0.831. The number of aromatic nitrogens is 1. The minimum absolute atomic E-state index is 0.128. The van der Waals surface area contributed by atoms with Crippen LogP contribution in [-0.4, -0.2) is 29.7 Å². The van der Waals surface area contributed by atoms with E-state index in [-0.39, 0.29) is 23.1 Å². The van der Waals surface area contributed by atoms with Gasteiger partial charge in [-0.2, -0.15) is 0 Å². The maximum absolute atomic E-state index is 12.9. The van der Waals surface area contributed by atoms with E-state index in [9.17, 15) is 9.59 Å². The number of rotatable bonds is 4. The van der Waals surface area contributed by atoms with Crippen molar-refractivity contribution in [2.45, 2.75) is 44.1 Å². The van der Waals surface area contributed by atoms with Crippen LogP contribution >= 0.6 is 0 Å². The summed E-state index contributed by atoms with van der Waals surface area (Å²) in [6.07, 6.45) is 6.91. The van der Waals surface area contributed by atoms with Crippen molar-refractivity contribution in [2.24, 2.45) is 17.3 Å². The van der Waals surface area contributed by atoms with Crippen LogP contribution in [-0.2, 0) is 9.53 Å². The van der Waals surface area contributed by atoms with Gasteiger partial charge in [0.1, 0.15) is 0 Å². The highest BCUT2D eigenvalue weighted by atomic mass is 16.5. The molecule has 0 aromatic carbocycles. The smallest absolute Gasteiger partial charge is 0.311 e. The fraction of sp³-hybridized carbons (Fsp3) is 0.550. The highest BCUT2D eigenvalue weighted by Crippen LogP contribution is 2.62. The minimum Gasteiger partial charge on any atom is -0.469 e. The number of methoxy groups -OCH3 is 1. The molecule has 0 unspecified atom stereocenters. The monoisotopic (exact) mass is 370 g/mol. The Morgan fingerprint density at radius 3 is 2.67 bits per heavy atom. The van der Waals surface area contributed by atoms with Crippen molar-refractivity contribution in [1.29, 1.82) is 0 Å². The molecule has 4 bridgehead atoms. The molecule has 7 nitrogen and oxygen atoms in total. The van der Waals surface area contributed by atoms with Crippen LogP contribution in [0.4, 0.5) is 0 Å². The zero-order valence-corrected chi connectivity index (χ0v) is 15.2. The Bertz CT molecular complexity index is 870. The molecule has 7 heteroatoms. The number of hydrogen-bond donors (Lipinski definition) is 1. The molecule has 2 heterocycles. The van der Waals surface area contributed by atoms with Gasteiger partial charge in [-0.05, 0) is 62.5 Å². The third-order valence-corrected chi connectivity index (χ3v) is 6.57. The lowest BCUT2D eigenvalue weighted by molar-refractivity contribution is -0.171. The molecule has 1 N–H and O–H groups in total. The van der Waals surface area contributed by atoms with Crippen LogP contribution in [0.3, 0.4) is 0 Å². The van der Waals surface area contributed by atoms with Gasteiger partial charge in [0, 0.05) is 11.6 Å². The average Bonchev–Trinajstić information content (AvgIpc) is 3.30. The maximum atomic E-state index is 12.9. The Hall–Kier alpha value is -2.57. The van der Waals surface area contributed by atoms with Crippen molar-refractivity contribution < 1.29 is 23.3 Å². The Morgan fingerprint density at radius 2 is 2.00 bits per heavy atom. The molecule has 4 aliphatic rings. The van der Waals surface area contributed by atoms with E-state index in [0.717, 1.165) is 32.1 Å². The predicted octanol–water partition coefficient (Wildman–Crippen LogP) is 3.18. The van der Waals surface area contributed by atoms with Gasteiger partial charge in [0.15, 0.2) is 11.5 Å². The third-order valence-electron chi connectivity index (χ3n) is 6.57. The van der Waals surface area contributed by atoms with Gasteiger partial charge in [0.25, 0.3) is 5.91 Å². The van der Waals surface area contributed by atoms with Crippen LogP contribution in [0.5, 0.6) is 0 Å². The van der Waals surface area contributed by atoms with E-state index in [1.54, 1.807) is 24.5 Å². The summed E-state index contributed by atoms with van der Waals surface area (Å²) in [5, 5.41) is 7.10. The van der Waals surface area contributed by atoms with Crippen molar-refractivity contribution in [3.8, 4) is 11.5 Å². The second-order valence-electron chi connectivity index (χ2n) is 8.52. The van der Waals surface area contributed by atoms with Crippen LogP contribution in [0.25, 0.3) is 11.5 Å². The number of nitrogens with zero attached hydrogens (tertiary/aromatic N) is 1. The van der Waals surface area contributed by atoms with Gasteiger partial charge in [-0.25, -0.2) is 0 Å². The molecule has 4 aliphatic carbocycles. The Kier molecular flexibility index (Phi) is 3.51. The van der Waals surface area contributed by atoms with E-state index in [1.807, 2.05) is 0 Å². The van der Waals surface area contributed by atoms with E-state index in [4.69, 9.17) is 13.7 Å².